The number of benzene rings is 1. The van der Waals surface area contributed by atoms with E-state index in [2.05, 4.69) is 45.5 Å². The van der Waals surface area contributed by atoms with Crippen LogP contribution in [0.5, 0.6) is 5.75 Å². The van der Waals surface area contributed by atoms with Gasteiger partial charge < -0.3 is 4.74 Å². The number of ether oxygens (including phenoxy) is 1. The summed E-state index contributed by atoms with van der Waals surface area (Å²) in [6, 6.07) is 6.53. The van der Waals surface area contributed by atoms with Crippen molar-refractivity contribution < 1.29 is 4.74 Å². The number of allylic oxidation sites excluding steroid dienone is 1. The minimum absolute atomic E-state index is 0.804. The lowest BCUT2D eigenvalue weighted by Crippen LogP contribution is -2.00. The van der Waals surface area contributed by atoms with Crippen LogP contribution in [0, 0.1) is 5.92 Å². The predicted octanol–water partition coefficient (Wildman–Crippen LogP) is 4.95. The first-order valence-corrected chi connectivity index (χ1v) is 6.94. The molecule has 1 heteroatoms. The highest BCUT2D eigenvalue weighted by Gasteiger charge is 2.06. The van der Waals surface area contributed by atoms with E-state index in [-0.39, 0.29) is 0 Å². The number of rotatable bonds is 8. The molecular weight excluding hydrogens is 220 g/mol. The average molecular weight is 245 g/mol. The van der Waals surface area contributed by atoms with Gasteiger partial charge in [0.2, 0.25) is 0 Å². The first kappa shape index (κ1) is 14.8. The molecule has 0 N–H and O–H groups in total. The number of unbranched alkanes of at least 4 members (excludes halogenated alkanes) is 1. The standard InChI is InChI=1S/C17H25O/c1-5-8-10-18-17-12-15(9-6-2)11-16(13-17)14(4)7-3/h7,11-13H,3,5-6,8-10H2,1-2,4H3. The fourth-order valence-corrected chi connectivity index (χ4v) is 1.86. The lowest BCUT2D eigenvalue weighted by molar-refractivity contribution is 0.309. The molecule has 0 aliphatic carbocycles. The van der Waals surface area contributed by atoms with Gasteiger partial charge in [-0.25, -0.2) is 0 Å². The van der Waals surface area contributed by atoms with E-state index < -0.39 is 0 Å². The lowest BCUT2D eigenvalue weighted by atomic mass is 9.97. The van der Waals surface area contributed by atoms with E-state index in [1.54, 1.807) is 0 Å². The van der Waals surface area contributed by atoms with Crippen molar-refractivity contribution in [1.29, 1.82) is 0 Å². The molecule has 0 bridgehead atoms. The quantitative estimate of drug-likeness (QED) is 0.589. The topological polar surface area (TPSA) is 9.23 Å². The third kappa shape index (κ3) is 4.56. The Labute approximate surface area is 112 Å². The summed E-state index contributed by atoms with van der Waals surface area (Å²) in [5, 5.41) is 0. The van der Waals surface area contributed by atoms with Crippen LogP contribution in [0.25, 0.3) is 0 Å². The van der Waals surface area contributed by atoms with Crippen molar-refractivity contribution >= 4 is 0 Å². The molecule has 1 nitrogen and oxygen atoms in total. The van der Waals surface area contributed by atoms with Gasteiger partial charge in [-0.15, -0.1) is 6.58 Å². The average Bonchev–Trinajstić information content (AvgIpc) is 2.38. The summed E-state index contributed by atoms with van der Waals surface area (Å²) in [6.45, 7) is 11.1. The van der Waals surface area contributed by atoms with Gasteiger partial charge in [-0.2, -0.15) is 0 Å². The van der Waals surface area contributed by atoms with Crippen molar-refractivity contribution in [3.05, 3.63) is 47.9 Å². The van der Waals surface area contributed by atoms with Crippen LogP contribution in [0.15, 0.2) is 30.9 Å². The largest absolute Gasteiger partial charge is 0.494 e. The molecule has 18 heavy (non-hydrogen) atoms. The molecule has 0 aliphatic rings. The highest BCUT2D eigenvalue weighted by molar-refractivity contribution is 5.43. The molecule has 0 aliphatic heterocycles. The highest BCUT2D eigenvalue weighted by Crippen LogP contribution is 2.24. The molecule has 0 saturated carbocycles. The van der Waals surface area contributed by atoms with Gasteiger partial charge in [0, 0.05) is 5.92 Å². The Balaban J connectivity index is 2.87. The van der Waals surface area contributed by atoms with Crippen molar-refractivity contribution in [2.45, 2.75) is 46.5 Å². The minimum Gasteiger partial charge on any atom is -0.494 e. The van der Waals surface area contributed by atoms with Crippen LogP contribution in [0.3, 0.4) is 0 Å². The zero-order chi connectivity index (χ0) is 13.4. The maximum Gasteiger partial charge on any atom is 0.119 e. The SMILES string of the molecule is C=C[C](C)c1cc(CCC)cc(OCCCC)c1. The van der Waals surface area contributed by atoms with E-state index in [0.717, 1.165) is 31.6 Å². The normalized spacial score (nSPS) is 10.7. The van der Waals surface area contributed by atoms with Crippen LogP contribution in [0.1, 0.15) is 51.2 Å². The van der Waals surface area contributed by atoms with Crippen molar-refractivity contribution in [1.82, 2.24) is 0 Å². The zero-order valence-corrected chi connectivity index (χ0v) is 12.0. The molecule has 0 spiro atoms. The van der Waals surface area contributed by atoms with Gasteiger partial charge in [0.15, 0.2) is 0 Å². The van der Waals surface area contributed by atoms with Gasteiger partial charge in [0.1, 0.15) is 5.75 Å². The van der Waals surface area contributed by atoms with E-state index in [1.807, 2.05) is 6.08 Å². The molecule has 0 heterocycles. The molecule has 99 valence electrons. The first-order valence-electron chi connectivity index (χ1n) is 6.94. The molecule has 1 rings (SSSR count). The van der Waals surface area contributed by atoms with Gasteiger partial charge in [-0.05, 0) is 36.1 Å². The highest BCUT2D eigenvalue weighted by atomic mass is 16.5. The van der Waals surface area contributed by atoms with Crippen molar-refractivity contribution in [3.8, 4) is 5.75 Å². The summed E-state index contributed by atoms with van der Waals surface area (Å²) in [4.78, 5) is 0. The summed E-state index contributed by atoms with van der Waals surface area (Å²) in [6.07, 6.45) is 6.44. The lowest BCUT2D eigenvalue weighted by Gasteiger charge is -2.13. The third-order valence-corrected chi connectivity index (χ3v) is 3.03. The maximum absolute atomic E-state index is 5.82. The first-order chi connectivity index (χ1) is 8.71. The molecule has 0 amide bonds. The van der Waals surface area contributed by atoms with Crippen LogP contribution in [-0.2, 0) is 6.42 Å². The van der Waals surface area contributed by atoms with Gasteiger partial charge in [-0.3, -0.25) is 0 Å². The summed E-state index contributed by atoms with van der Waals surface area (Å²) in [5.74, 6) is 2.19. The number of hydrogen-bond donors (Lipinski definition) is 0. The van der Waals surface area contributed by atoms with E-state index in [0.29, 0.717) is 0 Å². The monoisotopic (exact) mass is 245 g/mol. The van der Waals surface area contributed by atoms with Crippen molar-refractivity contribution in [3.63, 3.8) is 0 Å². The Morgan fingerprint density at radius 3 is 2.61 bits per heavy atom. The minimum atomic E-state index is 0.804. The predicted molar refractivity (Wildman–Crippen MR) is 79.1 cm³/mol. The summed E-state index contributed by atoms with van der Waals surface area (Å²) in [5.41, 5.74) is 2.57. The zero-order valence-electron chi connectivity index (χ0n) is 12.0. The van der Waals surface area contributed by atoms with Crippen molar-refractivity contribution in [2.24, 2.45) is 0 Å². The molecule has 1 aromatic carbocycles. The van der Waals surface area contributed by atoms with E-state index in [9.17, 15) is 0 Å². The molecule has 0 atom stereocenters. The molecule has 0 fully saturated rings. The molecular formula is C17H25O. The Morgan fingerprint density at radius 2 is 2.00 bits per heavy atom. The van der Waals surface area contributed by atoms with Crippen LogP contribution in [0.2, 0.25) is 0 Å². The molecule has 1 radical (unpaired) electrons. The van der Waals surface area contributed by atoms with E-state index in [4.69, 9.17) is 4.74 Å². The Bertz CT molecular complexity index is 368. The second-order valence-electron chi connectivity index (χ2n) is 4.70. The summed E-state index contributed by atoms with van der Waals surface area (Å²) < 4.78 is 5.82. The van der Waals surface area contributed by atoms with E-state index in [1.165, 1.54) is 23.5 Å². The number of aryl methyl sites for hydroxylation is 1. The van der Waals surface area contributed by atoms with Crippen LogP contribution < -0.4 is 4.74 Å². The van der Waals surface area contributed by atoms with Crippen LogP contribution >= 0.6 is 0 Å². The van der Waals surface area contributed by atoms with Gasteiger partial charge in [0.05, 0.1) is 6.61 Å². The maximum atomic E-state index is 5.82. The fourth-order valence-electron chi connectivity index (χ4n) is 1.86. The summed E-state index contributed by atoms with van der Waals surface area (Å²) >= 11 is 0. The molecule has 0 unspecified atom stereocenters. The summed E-state index contributed by atoms with van der Waals surface area (Å²) in [7, 11) is 0. The smallest absolute Gasteiger partial charge is 0.119 e. The second kappa shape index (κ2) is 7.97. The Kier molecular flexibility index (Phi) is 6.56. The second-order valence-corrected chi connectivity index (χ2v) is 4.70. The molecule has 0 aromatic heterocycles. The third-order valence-electron chi connectivity index (χ3n) is 3.03. The fraction of sp³-hybridized carbons (Fsp3) is 0.471. The Hall–Kier alpha value is -1.24. The van der Waals surface area contributed by atoms with E-state index >= 15 is 0 Å². The molecule has 0 saturated heterocycles. The molecule has 1 aromatic rings. The van der Waals surface area contributed by atoms with Crippen molar-refractivity contribution in [2.75, 3.05) is 6.61 Å². The Morgan fingerprint density at radius 1 is 1.22 bits per heavy atom. The van der Waals surface area contributed by atoms with Gasteiger partial charge >= 0.3 is 0 Å². The van der Waals surface area contributed by atoms with Crippen LogP contribution in [0.4, 0.5) is 0 Å². The number of hydrogen-bond acceptors (Lipinski definition) is 1. The van der Waals surface area contributed by atoms with Gasteiger partial charge in [-0.1, -0.05) is 45.8 Å². The van der Waals surface area contributed by atoms with Gasteiger partial charge in [0.25, 0.3) is 0 Å². The van der Waals surface area contributed by atoms with Crippen LogP contribution in [-0.4, -0.2) is 6.61 Å².